The Morgan fingerprint density at radius 2 is 1.68 bits per heavy atom. The van der Waals surface area contributed by atoms with Crippen LogP contribution in [0.1, 0.15) is 75.5 Å². The zero-order valence-corrected chi connectivity index (χ0v) is 28.1. The van der Waals surface area contributed by atoms with Gasteiger partial charge in [-0.05, 0) is 86.4 Å². The van der Waals surface area contributed by atoms with Gasteiger partial charge in [-0.2, -0.15) is 0 Å². The Morgan fingerprint density at radius 3 is 2.25 bits per heavy atom. The second kappa shape index (κ2) is 15.5. The third-order valence-corrected chi connectivity index (χ3v) is 9.61. The van der Waals surface area contributed by atoms with Crippen LogP contribution in [-0.2, 0) is 20.5 Å². The molecule has 1 heterocycles. The van der Waals surface area contributed by atoms with Crippen LogP contribution in [0, 0.1) is 0 Å². The lowest BCUT2D eigenvalue weighted by Crippen LogP contribution is -2.60. The van der Waals surface area contributed by atoms with Gasteiger partial charge in [-0.25, -0.2) is 0 Å². The highest BCUT2D eigenvalue weighted by atomic mass is 35.5. The Morgan fingerprint density at radius 1 is 1.00 bits per heavy atom. The van der Waals surface area contributed by atoms with Gasteiger partial charge >= 0.3 is 5.97 Å². The van der Waals surface area contributed by atoms with Crippen LogP contribution in [0.25, 0.3) is 0 Å². The van der Waals surface area contributed by atoms with Crippen LogP contribution in [0.2, 0.25) is 10.0 Å². The maximum absolute atomic E-state index is 14.3. The Bertz CT molecular complexity index is 1410. The molecule has 6 nitrogen and oxygen atoms in total. The van der Waals surface area contributed by atoms with Gasteiger partial charge < -0.3 is 15.2 Å². The van der Waals surface area contributed by atoms with Gasteiger partial charge in [0.15, 0.2) is 0 Å². The van der Waals surface area contributed by atoms with Crippen LogP contribution in [0.3, 0.4) is 0 Å². The van der Waals surface area contributed by atoms with Crippen LogP contribution in [0.15, 0.2) is 72.8 Å². The average molecular weight is 662 g/mol. The lowest BCUT2D eigenvalue weighted by Gasteiger charge is -2.50. The van der Waals surface area contributed by atoms with E-state index in [1.807, 2.05) is 86.6 Å². The molecule has 1 aliphatic heterocycles. The third kappa shape index (κ3) is 7.71. The van der Waals surface area contributed by atoms with E-state index in [4.69, 9.17) is 27.9 Å². The number of rotatable bonds is 12. The number of carboxylic acid groups (broad SMARTS) is 1. The molecule has 4 rings (SSSR count). The summed E-state index contributed by atoms with van der Waals surface area (Å²) in [6.07, 6.45) is 2.49. The van der Waals surface area contributed by atoms with E-state index in [0.717, 1.165) is 23.1 Å². The van der Waals surface area contributed by atoms with E-state index in [-0.39, 0.29) is 36.8 Å². The van der Waals surface area contributed by atoms with Crippen molar-refractivity contribution in [2.24, 2.45) is 0 Å². The largest absolute Gasteiger partial charge is 0.491 e. The number of carbonyl (C=O) groups is 2. The first kappa shape index (κ1) is 35.7. The molecule has 1 amide bonds. The van der Waals surface area contributed by atoms with Crippen LogP contribution >= 0.6 is 35.6 Å². The Balaban J connectivity index is 0.00000529. The van der Waals surface area contributed by atoms with E-state index in [9.17, 15) is 14.7 Å². The molecule has 2 unspecified atom stereocenters. The minimum absolute atomic E-state index is 0. The monoisotopic (exact) mass is 660 g/mol. The topological polar surface area (TPSA) is 78.9 Å². The minimum atomic E-state index is -1.05. The lowest BCUT2D eigenvalue weighted by atomic mass is 9.68. The number of hydrogen-bond acceptors (Lipinski definition) is 4. The van der Waals surface area contributed by atoms with Gasteiger partial charge in [0.1, 0.15) is 11.3 Å². The molecule has 238 valence electrons. The van der Waals surface area contributed by atoms with E-state index in [2.05, 4.69) is 17.1 Å². The molecule has 44 heavy (non-hydrogen) atoms. The van der Waals surface area contributed by atoms with Crippen LogP contribution in [0.5, 0.6) is 5.75 Å². The lowest BCUT2D eigenvalue weighted by molar-refractivity contribution is -0.141. The van der Waals surface area contributed by atoms with Gasteiger partial charge in [-0.3, -0.25) is 14.5 Å². The molecule has 1 fully saturated rings. The first-order chi connectivity index (χ1) is 20.5. The van der Waals surface area contributed by atoms with Crippen LogP contribution < -0.4 is 10.1 Å². The van der Waals surface area contributed by atoms with E-state index < -0.39 is 16.9 Å². The number of likely N-dealkylation sites (tertiary alicyclic amines) is 1. The molecule has 0 aromatic heterocycles. The zero-order chi connectivity index (χ0) is 31.2. The van der Waals surface area contributed by atoms with Gasteiger partial charge in [0, 0.05) is 25.6 Å². The summed E-state index contributed by atoms with van der Waals surface area (Å²) in [4.78, 5) is 28.7. The first-order valence-electron chi connectivity index (χ1n) is 15.0. The van der Waals surface area contributed by atoms with Gasteiger partial charge in [0.2, 0.25) is 5.91 Å². The Hall–Kier alpha value is -2.77. The van der Waals surface area contributed by atoms with E-state index >= 15 is 0 Å². The number of hydrogen-bond donors (Lipinski definition) is 2. The number of ether oxygens (including phenoxy) is 1. The molecule has 0 spiro atoms. The van der Waals surface area contributed by atoms with Crippen molar-refractivity contribution in [2.45, 2.75) is 75.9 Å². The van der Waals surface area contributed by atoms with Gasteiger partial charge in [-0.1, -0.05) is 78.7 Å². The normalized spacial score (nSPS) is 16.8. The second-order valence-electron chi connectivity index (χ2n) is 11.8. The van der Waals surface area contributed by atoms with Gasteiger partial charge in [0.25, 0.3) is 0 Å². The number of likely N-dealkylation sites (N-methyl/N-ethyl adjacent to an activating group) is 1. The van der Waals surface area contributed by atoms with Crippen molar-refractivity contribution in [3.63, 3.8) is 0 Å². The molecule has 0 bridgehead atoms. The Labute approximate surface area is 277 Å². The summed E-state index contributed by atoms with van der Waals surface area (Å²) in [5.74, 6) is -0.247. The summed E-state index contributed by atoms with van der Waals surface area (Å²) < 4.78 is 6.08. The van der Waals surface area contributed by atoms with E-state index in [1.165, 1.54) is 0 Å². The first-order valence-corrected chi connectivity index (χ1v) is 15.8. The van der Waals surface area contributed by atoms with Gasteiger partial charge in [0.05, 0.1) is 22.6 Å². The summed E-state index contributed by atoms with van der Waals surface area (Å²) in [5, 5.41) is 13.9. The van der Waals surface area contributed by atoms with E-state index in [0.29, 0.717) is 48.1 Å². The standard InChI is InChI=1S/C35H42Cl2N2O4.ClH/c1-5-25(26-14-15-30(36)31(37)20-26)22-35(33(42)38-4,28-12-9-13-29(21-28)43-24(2)3)39-18-16-34(17-19-39,23-32(40)41)27-10-7-6-8-11-27;/h6-15,20-21,24-25H,5,16-19,22-23H2,1-4H3,(H,38,42)(H,40,41);1H. The number of aliphatic carboxylic acids is 1. The zero-order valence-electron chi connectivity index (χ0n) is 25.8. The molecule has 2 atom stereocenters. The molecule has 1 saturated heterocycles. The van der Waals surface area contributed by atoms with Crippen LogP contribution in [-0.4, -0.2) is 48.1 Å². The molecular formula is C35H43Cl3N2O4. The molecule has 2 N–H and O–H groups in total. The number of nitrogens with one attached hydrogen (secondary N) is 1. The molecule has 0 saturated carbocycles. The van der Waals surface area contributed by atoms with Crippen molar-refractivity contribution < 1.29 is 19.4 Å². The predicted molar refractivity (Wildman–Crippen MR) is 180 cm³/mol. The number of carbonyl (C=O) groups excluding carboxylic acids is 1. The number of halogens is 3. The maximum atomic E-state index is 14.3. The number of carboxylic acids is 1. The number of nitrogens with zero attached hydrogens (tertiary/aromatic N) is 1. The minimum Gasteiger partial charge on any atom is -0.491 e. The smallest absolute Gasteiger partial charge is 0.304 e. The molecular weight excluding hydrogens is 619 g/mol. The summed E-state index contributed by atoms with van der Waals surface area (Å²) >= 11 is 12.7. The Kier molecular flexibility index (Phi) is 12.6. The van der Waals surface area contributed by atoms with Crippen molar-refractivity contribution >= 4 is 47.5 Å². The molecule has 0 aliphatic carbocycles. The molecule has 1 aliphatic rings. The summed E-state index contributed by atoms with van der Waals surface area (Å²) in [6, 6.07) is 23.4. The average Bonchev–Trinajstić information content (AvgIpc) is 2.99. The fourth-order valence-electron chi connectivity index (χ4n) is 6.69. The quantitative estimate of drug-likeness (QED) is 0.204. The molecule has 3 aromatic rings. The van der Waals surface area contributed by atoms with Crippen molar-refractivity contribution in [2.75, 3.05) is 20.1 Å². The van der Waals surface area contributed by atoms with Crippen LogP contribution in [0.4, 0.5) is 0 Å². The van der Waals surface area contributed by atoms with Crippen molar-refractivity contribution in [1.29, 1.82) is 0 Å². The highest BCUT2D eigenvalue weighted by Gasteiger charge is 2.50. The number of amides is 1. The van der Waals surface area contributed by atoms with E-state index in [1.54, 1.807) is 7.05 Å². The molecule has 3 aromatic carbocycles. The highest BCUT2D eigenvalue weighted by Crippen LogP contribution is 2.47. The van der Waals surface area contributed by atoms with Crippen molar-refractivity contribution in [3.05, 3.63) is 99.5 Å². The highest BCUT2D eigenvalue weighted by molar-refractivity contribution is 6.42. The summed E-state index contributed by atoms with van der Waals surface area (Å²) in [6.45, 7) is 7.16. The summed E-state index contributed by atoms with van der Waals surface area (Å²) in [7, 11) is 1.67. The fraction of sp³-hybridized carbons (Fsp3) is 0.429. The second-order valence-corrected chi connectivity index (χ2v) is 12.6. The van der Waals surface area contributed by atoms with Crippen molar-refractivity contribution in [1.82, 2.24) is 10.2 Å². The summed E-state index contributed by atoms with van der Waals surface area (Å²) in [5.41, 5.74) is 1.31. The predicted octanol–water partition coefficient (Wildman–Crippen LogP) is 8.24. The molecule has 9 heteroatoms. The maximum Gasteiger partial charge on any atom is 0.304 e. The van der Waals surface area contributed by atoms with Gasteiger partial charge in [-0.15, -0.1) is 12.4 Å². The fourth-order valence-corrected chi connectivity index (χ4v) is 7.00. The number of piperidine rings is 1. The SMILES string of the molecule is CCC(CC(C(=O)NC)(c1cccc(OC(C)C)c1)N1CCC(CC(=O)O)(c2ccccc2)CC1)c1ccc(Cl)c(Cl)c1.Cl. The van der Waals surface area contributed by atoms with Crippen molar-refractivity contribution in [3.8, 4) is 5.75 Å². The third-order valence-electron chi connectivity index (χ3n) is 8.87. The number of benzene rings is 3. The molecule has 0 radical (unpaired) electrons.